The standard InChI is InChI=1S/C19H21NO4S/c1-14-8-4-5-9-15(14)12-20(2)18(21)13-24-19(22)16-10-6-7-11-17(16)25(3)23/h4-11H,12-13H2,1-3H3/t25-/m0/s1. The van der Waals surface area contributed by atoms with Crippen molar-refractivity contribution >= 4 is 22.7 Å². The molecule has 0 saturated carbocycles. The number of nitrogens with zero attached hydrogens (tertiary/aromatic N) is 1. The molecule has 2 aromatic carbocycles. The third-order valence-electron chi connectivity index (χ3n) is 3.84. The minimum absolute atomic E-state index is 0.220. The molecule has 0 N–H and O–H groups in total. The summed E-state index contributed by atoms with van der Waals surface area (Å²) in [5, 5.41) is 0. The Hall–Kier alpha value is -2.47. The van der Waals surface area contributed by atoms with E-state index in [1.165, 1.54) is 11.2 Å². The molecule has 0 radical (unpaired) electrons. The van der Waals surface area contributed by atoms with Crippen LogP contribution in [0.15, 0.2) is 53.4 Å². The number of amides is 1. The Morgan fingerprint density at radius 1 is 1.08 bits per heavy atom. The van der Waals surface area contributed by atoms with Crippen molar-refractivity contribution in [1.29, 1.82) is 0 Å². The number of aryl methyl sites for hydroxylation is 1. The summed E-state index contributed by atoms with van der Waals surface area (Å²) in [6, 6.07) is 14.3. The molecule has 2 aromatic rings. The van der Waals surface area contributed by atoms with Crippen molar-refractivity contribution in [2.45, 2.75) is 18.4 Å². The molecule has 0 fully saturated rings. The number of hydrogen-bond donors (Lipinski definition) is 0. The number of esters is 1. The topological polar surface area (TPSA) is 63.7 Å². The molecule has 2 rings (SSSR count). The lowest BCUT2D eigenvalue weighted by molar-refractivity contribution is -0.133. The maximum absolute atomic E-state index is 12.2. The van der Waals surface area contributed by atoms with Gasteiger partial charge in [-0.25, -0.2) is 4.79 Å². The van der Waals surface area contributed by atoms with Crippen molar-refractivity contribution in [3.05, 3.63) is 65.2 Å². The molecule has 0 bridgehead atoms. The van der Waals surface area contributed by atoms with Crippen LogP contribution >= 0.6 is 0 Å². The highest BCUT2D eigenvalue weighted by molar-refractivity contribution is 7.84. The maximum atomic E-state index is 12.2. The van der Waals surface area contributed by atoms with Gasteiger partial charge in [0.2, 0.25) is 0 Å². The molecule has 0 aliphatic heterocycles. The summed E-state index contributed by atoms with van der Waals surface area (Å²) >= 11 is 0. The van der Waals surface area contributed by atoms with E-state index in [-0.39, 0.29) is 18.1 Å². The van der Waals surface area contributed by atoms with Gasteiger partial charge in [-0.15, -0.1) is 0 Å². The fourth-order valence-corrected chi connectivity index (χ4v) is 3.06. The minimum atomic E-state index is -1.31. The molecule has 0 aliphatic rings. The summed E-state index contributed by atoms with van der Waals surface area (Å²) in [4.78, 5) is 26.3. The van der Waals surface area contributed by atoms with Crippen molar-refractivity contribution in [3.8, 4) is 0 Å². The SMILES string of the molecule is Cc1ccccc1CN(C)C(=O)COC(=O)c1ccccc1[S@](C)=O. The summed E-state index contributed by atoms with van der Waals surface area (Å²) in [6.07, 6.45) is 1.49. The first-order valence-electron chi connectivity index (χ1n) is 7.78. The van der Waals surface area contributed by atoms with Crippen LogP contribution in [-0.4, -0.2) is 40.9 Å². The quantitative estimate of drug-likeness (QED) is 0.744. The van der Waals surface area contributed by atoms with E-state index in [0.717, 1.165) is 11.1 Å². The van der Waals surface area contributed by atoms with Crippen LogP contribution in [-0.2, 0) is 26.9 Å². The second kappa shape index (κ2) is 8.58. The molecule has 0 aliphatic carbocycles. The van der Waals surface area contributed by atoms with Gasteiger partial charge in [0, 0.05) is 19.8 Å². The molecule has 25 heavy (non-hydrogen) atoms. The Morgan fingerprint density at radius 3 is 2.40 bits per heavy atom. The normalized spacial score (nSPS) is 11.6. The first-order chi connectivity index (χ1) is 11.9. The van der Waals surface area contributed by atoms with Crippen LogP contribution in [0.25, 0.3) is 0 Å². The lowest BCUT2D eigenvalue weighted by Crippen LogP contribution is -2.31. The molecule has 0 aromatic heterocycles. The summed E-state index contributed by atoms with van der Waals surface area (Å²) in [6.45, 7) is 2.07. The zero-order chi connectivity index (χ0) is 18.4. The molecule has 0 spiro atoms. The lowest BCUT2D eigenvalue weighted by atomic mass is 10.1. The first kappa shape index (κ1) is 18.9. The summed E-state index contributed by atoms with van der Waals surface area (Å²) < 4.78 is 16.8. The molecule has 132 valence electrons. The highest BCUT2D eigenvalue weighted by Gasteiger charge is 2.17. The fourth-order valence-electron chi connectivity index (χ4n) is 2.33. The van der Waals surface area contributed by atoms with Crippen LogP contribution in [0.2, 0.25) is 0 Å². The second-order valence-corrected chi connectivity index (χ2v) is 7.05. The Kier molecular flexibility index (Phi) is 6.47. The van der Waals surface area contributed by atoms with Gasteiger partial charge in [0.25, 0.3) is 5.91 Å². The van der Waals surface area contributed by atoms with Crippen LogP contribution < -0.4 is 0 Å². The third kappa shape index (κ3) is 5.00. The maximum Gasteiger partial charge on any atom is 0.339 e. The predicted molar refractivity (Wildman–Crippen MR) is 96.7 cm³/mol. The zero-order valence-electron chi connectivity index (χ0n) is 14.5. The van der Waals surface area contributed by atoms with E-state index in [1.807, 2.05) is 31.2 Å². The molecule has 6 heteroatoms. The fraction of sp³-hybridized carbons (Fsp3) is 0.263. The molecule has 0 unspecified atom stereocenters. The highest BCUT2D eigenvalue weighted by atomic mass is 32.2. The van der Waals surface area contributed by atoms with E-state index in [9.17, 15) is 13.8 Å². The van der Waals surface area contributed by atoms with E-state index in [1.54, 1.807) is 31.3 Å². The molecule has 1 atom stereocenters. The van der Waals surface area contributed by atoms with E-state index < -0.39 is 16.8 Å². The second-order valence-electron chi connectivity index (χ2n) is 5.70. The summed E-state index contributed by atoms with van der Waals surface area (Å²) in [5.74, 6) is -0.949. The Bertz CT molecular complexity index is 804. The molecule has 1 amide bonds. The number of rotatable bonds is 6. The monoisotopic (exact) mass is 359 g/mol. The minimum Gasteiger partial charge on any atom is -0.452 e. The van der Waals surface area contributed by atoms with E-state index in [2.05, 4.69) is 0 Å². The molecular weight excluding hydrogens is 338 g/mol. The van der Waals surface area contributed by atoms with Crippen molar-refractivity contribution < 1.29 is 18.5 Å². The van der Waals surface area contributed by atoms with Crippen molar-refractivity contribution in [2.24, 2.45) is 0 Å². The van der Waals surface area contributed by atoms with Crippen molar-refractivity contribution in [1.82, 2.24) is 4.90 Å². The number of benzene rings is 2. The third-order valence-corrected chi connectivity index (χ3v) is 4.81. The van der Waals surface area contributed by atoms with Gasteiger partial charge in [-0.3, -0.25) is 9.00 Å². The molecule has 0 heterocycles. The number of carbonyl (C=O) groups excluding carboxylic acids is 2. The zero-order valence-corrected chi connectivity index (χ0v) is 15.3. The average Bonchev–Trinajstić information content (AvgIpc) is 2.61. The van der Waals surface area contributed by atoms with Gasteiger partial charge >= 0.3 is 5.97 Å². The van der Waals surface area contributed by atoms with Crippen LogP contribution in [0.4, 0.5) is 0 Å². The number of carbonyl (C=O) groups is 2. The van der Waals surface area contributed by atoms with Crippen LogP contribution in [0.1, 0.15) is 21.5 Å². The molecule has 5 nitrogen and oxygen atoms in total. The molecular formula is C19H21NO4S. The Labute approximate surface area is 150 Å². The van der Waals surface area contributed by atoms with Gasteiger partial charge in [0.1, 0.15) is 0 Å². The first-order valence-corrected chi connectivity index (χ1v) is 9.34. The van der Waals surface area contributed by atoms with Gasteiger partial charge in [-0.05, 0) is 30.2 Å². The number of hydrogen-bond acceptors (Lipinski definition) is 4. The van der Waals surface area contributed by atoms with E-state index in [4.69, 9.17) is 4.74 Å². The van der Waals surface area contributed by atoms with Crippen LogP contribution in [0.3, 0.4) is 0 Å². The Balaban J connectivity index is 1.96. The van der Waals surface area contributed by atoms with E-state index in [0.29, 0.717) is 11.4 Å². The van der Waals surface area contributed by atoms with E-state index >= 15 is 0 Å². The van der Waals surface area contributed by atoms with Gasteiger partial charge in [-0.2, -0.15) is 0 Å². The van der Waals surface area contributed by atoms with Gasteiger partial charge in [0.05, 0.1) is 21.3 Å². The summed E-state index contributed by atoms with van der Waals surface area (Å²) in [5.41, 5.74) is 2.35. The highest BCUT2D eigenvalue weighted by Crippen LogP contribution is 2.14. The average molecular weight is 359 g/mol. The lowest BCUT2D eigenvalue weighted by Gasteiger charge is -2.18. The van der Waals surface area contributed by atoms with Crippen LogP contribution in [0, 0.1) is 6.92 Å². The smallest absolute Gasteiger partial charge is 0.339 e. The van der Waals surface area contributed by atoms with Crippen LogP contribution in [0.5, 0.6) is 0 Å². The number of likely N-dealkylation sites (N-methyl/N-ethyl adjacent to an activating group) is 1. The molecule has 0 saturated heterocycles. The Morgan fingerprint density at radius 2 is 1.72 bits per heavy atom. The largest absolute Gasteiger partial charge is 0.452 e. The van der Waals surface area contributed by atoms with Gasteiger partial charge in [-0.1, -0.05) is 36.4 Å². The number of ether oxygens (including phenoxy) is 1. The summed E-state index contributed by atoms with van der Waals surface area (Å²) in [7, 11) is 0.355. The van der Waals surface area contributed by atoms with Gasteiger partial charge in [0.15, 0.2) is 6.61 Å². The van der Waals surface area contributed by atoms with Crippen molar-refractivity contribution in [3.63, 3.8) is 0 Å². The van der Waals surface area contributed by atoms with Crippen molar-refractivity contribution in [2.75, 3.05) is 19.9 Å². The predicted octanol–water partition coefficient (Wildman–Crippen LogP) is 2.55. The van der Waals surface area contributed by atoms with Gasteiger partial charge < -0.3 is 9.64 Å².